The Morgan fingerprint density at radius 1 is 1.10 bits per heavy atom. The molecule has 1 amide bonds. The van der Waals surface area contributed by atoms with E-state index < -0.39 is 10.0 Å². The van der Waals surface area contributed by atoms with Crippen LogP contribution in [-0.2, 0) is 25.8 Å². The van der Waals surface area contributed by atoms with Gasteiger partial charge in [0.25, 0.3) is 0 Å². The molecule has 1 fully saturated rings. The van der Waals surface area contributed by atoms with E-state index in [1.165, 1.54) is 10.4 Å². The van der Waals surface area contributed by atoms with Crippen molar-refractivity contribution in [1.82, 2.24) is 9.78 Å². The largest absolute Gasteiger partial charge is 0.307 e. The van der Waals surface area contributed by atoms with Gasteiger partial charge in [0.05, 0.1) is 22.7 Å². The van der Waals surface area contributed by atoms with Gasteiger partial charge in [-0.3, -0.25) is 9.10 Å². The fourth-order valence-corrected chi connectivity index (χ4v) is 4.93. The highest BCUT2D eigenvalue weighted by Gasteiger charge is 2.28. The van der Waals surface area contributed by atoms with Crippen LogP contribution in [0.4, 0.5) is 11.5 Å². The maximum absolute atomic E-state index is 12.6. The smallest absolute Gasteiger partial charge is 0.249 e. The molecule has 0 saturated carbocycles. The van der Waals surface area contributed by atoms with E-state index in [-0.39, 0.29) is 22.6 Å². The number of anilines is 2. The predicted octanol–water partition coefficient (Wildman–Crippen LogP) is 4.13. The number of aromatic nitrogens is 2. The van der Waals surface area contributed by atoms with Gasteiger partial charge in [0.1, 0.15) is 5.82 Å². The van der Waals surface area contributed by atoms with E-state index in [1.54, 1.807) is 18.2 Å². The molecule has 1 N–H and O–H groups in total. The normalized spacial score (nSPS) is 16.8. The van der Waals surface area contributed by atoms with Crippen LogP contribution in [0.2, 0.25) is 0 Å². The van der Waals surface area contributed by atoms with E-state index in [9.17, 15) is 13.2 Å². The third-order valence-electron chi connectivity index (χ3n) is 5.07. The Kier molecular flexibility index (Phi) is 6.06. The fraction of sp³-hybridized carbons (Fsp3) is 0.478. The first-order valence-electron chi connectivity index (χ1n) is 10.5. The first-order chi connectivity index (χ1) is 14.3. The van der Waals surface area contributed by atoms with Gasteiger partial charge in [-0.2, -0.15) is 5.10 Å². The van der Waals surface area contributed by atoms with Gasteiger partial charge in [-0.25, -0.2) is 13.1 Å². The minimum absolute atomic E-state index is 0.129. The summed E-state index contributed by atoms with van der Waals surface area (Å²) in [6, 6.07) is 9.08. The molecule has 1 aromatic heterocycles. The summed E-state index contributed by atoms with van der Waals surface area (Å²) in [5.41, 5.74) is 1.98. The molecule has 0 atom stereocenters. The van der Waals surface area contributed by atoms with Crippen LogP contribution < -0.4 is 9.62 Å². The van der Waals surface area contributed by atoms with Crippen LogP contribution in [0.5, 0.6) is 0 Å². The van der Waals surface area contributed by atoms with Crippen molar-refractivity contribution in [3.63, 3.8) is 0 Å². The van der Waals surface area contributed by atoms with Crippen LogP contribution in [-0.4, -0.2) is 36.4 Å². The standard InChI is InChI=1S/C23H32N4O3S/c1-22(2,3)19-16-20(27(25-19)23(4,5)6)24-21(28)13-10-17-8-11-18(12-9-17)26-14-7-15-31(26,29)30/h8-13,16H,7,14-15H2,1-6H3,(H,24,28)/b13-10+. The van der Waals surface area contributed by atoms with Crippen molar-refractivity contribution in [3.8, 4) is 0 Å². The molecule has 0 unspecified atom stereocenters. The number of carbonyl (C=O) groups is 1. The number of nitrogens with zero attached hydrogens (tertiary/aromatic N) is 3. The second-order valence-corrected chi connectivity index (χ2v) is 11.9. The van der Waals surface area contributed by atoms with Crippen molar-refractivity contribution < 1.29 is 13.2 Å². The number of nitrogens with one attached hydrogen (secondary N) is 1. The highest BCUT2D eigenvalue weighted by atomic mass is 32.2. The molecular weight excluding hydrogens is 412 g/mol. The van der Waals surface area contributed by atoms with Gasteiger partial charge in [-0.05, 0) is 51.0 Å². The number of hydrogen-bond acceptors (Lipinski definition) is 4. The van der Waals surface area contributed by atoms with Gasteiger partial charge in [0.15, 0.2) is 0 Å². The van der Waals surface area contributed by atoms with Crippen LogP contribution in [0, 0.1) is 0 Å². The summed E-state index contributed by atoms with van der Waals surface area (Å²) in [4.78, 5) is 12.6. The molecule has 2 aromatic rings. The van der Waals surface area contributed by atoms with Crippen molar-refractivity contribution in [2.24, 2.45) is 0 Å². The van der Waals surface area contributed by atoms with Crippen molar-refractivity contribution >= 4 is 33.5 Å². The van der Waals surface area contributed by atoms with Crippen LogP contribution >= 0.6 is 0 Å². The fourth-order valence-electron chi connectivity index (χ4n) is 3.37. The third kappa shape index (κ3) is 5.36. The molecule has 1 saturated heterocycles. The number of hydrogen-bond donors (Lipinski definition) is 1. The molecule has 0 aliphatic carbocycles. The zero-order valence-electron chi connectivity index (χ0n) is 19.1. The summed E-state index contributed by atoms with van der Waals surface area (Å²) in [5, 5.41) is 7.64. The molecule has 168 valence electrons. The molecule has 8 heteroatoms. The monoisotopic (exact) mass is 444 g/mol. The zero-order valence-corrected chi connectivity index (χ0v) is 20.0. The lowest BCUT2D eigenvalue weighted by molar-refractivity contribution is -0.111. The van der Waals surface area contributed by atoms with E-state index in [0.717, 1.165) is 11.3 Å². The van der Waals surface area contributed by atoms with Gasteiger partial charge < -0.3 is 5.32 Å². The quantitative estimate of drug-likeness (QED) is 0.719. The predicted molar refractivity (Wildman–Crippen MR) is 126 cm³/mol. The Morgan fingerprint density at radius 2 is 1.74 bits per heavy atom. The Labute approximate surface area is 185 Å². The van der Waals surface area contributed by atoms with Gasteiger partial charge in [-0.15, -0.1) is 0 Å². The first-order valence-corrected chi connectivity index (χ1v) is 12.1. The van der Waals surface area contributed by atoms with Crippen LogP contribution in [0.15, 0.2) is 36.4 Å². The molecule has 3 rings (SSSR count). The van der Waals surface area contributed by atoms with Gasteiger partial charge in [0.2, 0.25) is 15.9 Å². The van der Waals surface area contributed by atoms with E-state index >= 15 is 0 Å². The number of amides is 1. The van der Waals surface area contributed by atoms with E-state index in [0.29, 0.717) is 24.5 Å². The molecule has 0 spiro atoms. The van der Waals surface area contributed by atoms with Gasteiger partial charge in [0, 0.05) is 24.1 Å². The molecule has 1 aromatic carbocycles. The molecule has 7 nitrogen and oxygen atoms in total. The summed E-state index contributed by atoms with van der Waals surface area (Å²) < 4.78 is 27.4. The SMILES string of the molecule is CC(C)(C)c1cc(NC(=O)/C=C/c2ccc(N3CCCS3(=O)=O)cc2)n(C(C)(C)C)n1. The number of sulfonamides is 1. The number of benzene rings is 1. The Balaban J connectivity index is 1.73. The summed E-state index contributed by atoms with van der Waals surface area (Å²) in [6.45, 7) is 12.9. The van der Waals surface area contributed by atoms with Crippen molar-refractivity contribution in [1.29, 1.82) is 0 Å². The topological polar surface area (TPSA) is 84.3 Å². The van der Waals surface area contributed by atoms with E-state index in [2.05, 4.69) is 26.1 Å². The molecule has 1 aliphatic heterocycles. The summed E-state index contributed by atoms with van der Waals surface area (Å²) in [5.74, 6) is 0.593. The summed E-state index contributed by atoms with van der Waals surface area (Å²) >= 11 is 0. The maximum Gasteiger partial charge on any atom is 0.249 e. The van der Waals surface area contributed by atoms with Gasteiger partial charge >= 0.3 is 0 Å². The Hall–Kier alpha value is -2.61. The molecular formula is C23H32N4O3S. The molecule has 1 aliphatic rings. The minimum atomic E-state index is -3.20. The van der Waals surface area contributed by atoms with E-state index in [4.69, 9.17) is 5.10 Å². The Morgan fingerprint density at radius 3 is 2.26 bits per heavy atom. The average Bonchev–Trinajstić information content (AvgIpc) is 3.23. The lowest BCUT2D eigenvalue weighted by atomic mass is 9.92. The van der Waals surface area contributed by atoms with Crippen LogP contribution in [0.25, 0.3) is 6.08 Å². The van der Waals surface area contributed by atoms with Crippen molar-refractivity contribution in [2.75, 3.05) is 21.9 Å². The van der Waals surface area contributed by atoms with Crippen LogP contribution in [0.3, 0.4) is 0 Å². The zero-order chi connectivity index (χ0) is 23.0. The third-order valence-corrected chi connectivity index (χ3v) is 6.94. The maximum atomic E-state index is 12.6. The van der Waals surface area contributed by atoms with Crippen LogP contribution in [0.1, 0.15) is 59.2 Å². The average molecular weight is 445 g/mol. The number of rotatable bonds is 4. The summed E-state index contributed by atoms with van der Waals surface area (Å²) in [7, 11) is -3.20. The second kappa shape index (κ2) is 8.15. The highest BCUT2D eigenvalue weighted by Crippen LogP contribution is 2.28. The highest BCUT2D eigenvalue weighted by molar-refractivity contribution is 7.93. The summed E-state index contributed by atoms with van der Waals surface area (Å²) in [6.07, 6.45) is 3.82. The molecule has 2 heterocycles. The van der Waals surface area contributed by atoms with Crippen molar-refractivity contribution in [3.05, 3.63) is 47.7 Å². The Bertz CT molecular complexity index is 1090. The lowest BCUT2D eigenvalue weighted by Gasteiger charge is -2.22. The molecule has 0 bridgehead atoms. The minimum Gasteiger partial charge on any atom is -0.307 e. The molecule has 31 heavy (non-hydrogen) atoms. The van der Waals surface area contributed by atoms with E-state index in [1.807, 2.05) is 43.7 Å². The number of carbonyl (C=O) groups excluding carboxylic acids is 1. The first kappa shape index (κ1) is 23.1. The van der Waals surface area contributed by atoms with Gasteiger partial charge in [-0.1, -0.05) is 32.9 Å². The molecule has 0 radical (unpaired) electrons. The lowest BCUT2D eigenvalue weighted by Crippen LogP contribution is -2.27. The second-order valence-electron chi connectivity index (χ2n) is 9.90. The van der Waals surface area contributed by atoms with Crippen molar-refractivity contribution in [2.45, 2.75) is 58.9 Å².